The third-order valence-electron chi connectivity index (χ3n) is 6.91. The number of Topliss-reactive ketones (excluding diaryl/α,β-unsaturated/α-hetero) is 3. The lowest BCUT2D eigenvalue weighted by Gasteiger charge is -2.44. The molecule has 0 heterocycles. The SMILES string of the molecule is CC(C)=CCC1(CC=C(C)C)C(=O)C(=C(O)c2ccccc2)C(=O)C(CC=C(C)C)(CC=C(C)C)C1=O. The van der Waals surface area contributed by atoms with E-state index in [0.29, 0.717) is 5.56 Å². The molecular weight excluding hydrogens is 460 g/mol. The first-order valence-electron chi connectivity index (χ1n) is 12.9. The van der Waals surface area contributed by atoms with Crippen molar-refractivity contribution in [2.75, 3.05) is 0 Å². The van der Waals surface area contributed by atoms with Crippen LogP contribution < -0.4 is 0 Å². The van der Waals surface area contributed by atoms with E-state index in [1.165, 1.54) is 0 Å². The number of rotatable bonds is 9. The van der Waals surface area contributed by atoms with Gasteiger partial charge in [0.05, 0.1) is 0 Å². The molecule has 0 saturated heterocycles. The lowest BCUT2D eigenvalue weighted by molar-refractivity contribution is -0.154. The summed E-state index contributed by atoms with van der Waals surface area (Å²) in [6.07, 6.45) is 8.26. The molecule has 0 unspecified atom stereocenters. The molecule has 1 saturated carbocycles. The van der Waals surface area contributed by atoms with Crippen molar-refractivity contribution >= 4 is 23.1 Å². The maximum atomic E-state index is 14.7. The second-order valence-corrected chi connectivity index (χ2v) is 11.2. The zero-order chi connectivity index (χ0) is 28.0. The monoisotopic (exact) mass is 502 g/mol. The molecule has 1 N–H and O–H groups in total. The number of carbonyl (C=O) groups is 3. The Balaban J connectivity index is 3.04. The average Bonchev–Trinajstić information content (AvgIpc) is 2.83. The van der Waals surface area contributed by atoms with Crippen LogP contribution in [0, 0.1) is 10.8 Å². The molecule has 4 nitrogen and oxygen atoms in total. The molecule has 0 amide bonds. The molecule has 0 radical (unpaired) electrons. The van der Waals surface area contributed by atoms with Gasteiger partial charge in [0, 0.05) is 5.56 Å². The Morgan fingerprint density at radius 1 is 0.622 bits per heavy atom. The summed E-state index contributed by atoms with van der Waals surface area (Å²) in [5.41, 5.74) is 1.04. The molecule has 0 aromatic heterocycles. The smallest absolute Gasteiger partial charge is 0.184 e. The highest BCUT2D eigenvalue weighted by atomic mass is 16.3. The van der Waals surface area contributed by atoms with Crippen LogP contribution in [0.4, 0.5) is 0 Å². The van der Waals surface area contributed by atoms with E-state index >= 15 is 0 Å². The first kappa shape index (κ1) is 30.0. The molecule has 2 rings (SSSR count). The van der Waals surface area contributed by atoms with E-state index in [0.717, 1.165) is 22.3 Å². The molecule has 1 aromatic rings. The molecular formula is C33H42O4. The third-order valence-corrected chi connectivity index (χ3v) is 6.91. The molecule has 1 fully saturated rings. The van der Waals surface area contributed by atoms with Gasteiger partial charge in [0.25, 0.3) is 0 Å². The van der Waals surface area contributed by atoms with Crippen LogP contribution in [0.25, 0.3) is 5.76 Å². The van der Waals surface area contributed by atoms with Gasteiger partial charge >= 0.3 is 0 Å². The van der Waals surface area contributed by atoms with E-state index in [1.807, 2.05) is 79.7 Å². The minimum atomic E-state index is -1.49. The summed E-state index contributed by atoms with van der Waals surface area (Å²) in [7, 11) is 0. The van der Waals surface area contributed by atoms with Crippen molar-refractivity contribution in [3.05, 3.63) is 88.1 Å². The van der Waals surface area contributed by atoms with Gasteiger partial charge in [-0.3, -0.25) is 14.4 Å². The predicted octanol–water partition coefficient (Wildman–Crippen LogP) is 8.07. The summed E-state index contributed by atoms with van der Waals surface area (Å²) in [6, 6.07) is 8.63. The largest absolute Gasteiger partial charge is 0.506 e. The molecule has 0 aliphatic heterocycles. The number of carbonyl (C=O) groups excluding carboxylic acids is 3. The van der Waals surface area contributed by atoms with Gasteiger partial charge in [-0.05, 0) is 81.1 Å². The summed E-state index contributed by atoms with van der Waals surface area (Å²) < 4.78 is 0. The topological polar surface area (TPSA) is 71.4 Å². The van der Waals surface area contributed by atoms with Crippen LogP contribution >= 0.6 is 0 Å². The second-order valence-electron chi connectivity index (χ2n) is 11.2. The molecule has 0 atom stereocenters. The molecule has 4 heteroatoms. The van der Waals surface area contributed by atoms with E-state index in [4.69, 9.17) is 0 Å². The summed E-state index contributed by atoms with van der Waals surface area (Å²) in [5, 5.41) is 11.4. The maximum absolute atomic E-state index is 14.7. The van der Waals surface area contributed by atoms with Crippen LogP contribution in [0.1, 0.15) is 86.6 Å². The van der Waals surface area contributed by atoms with Crippen molar-refractivity contribution in [2.24, 2.45) is 10.8 Å². The highest BCUT2D eigenvalue weighted by molar-refractivity contribution is 6.41. The van der Waals surface area contributed by atoms with Crippen molar-refractivity contribution in [1.82, 2.24) is 0 Å². The lowest BCUT2D eigenvalue weighted by atomic mass is 9.53. The first-order chi connectivity index (χ1) is 17.3. The van der Waals surface area contributed by atoms with Crippen molar-refractivity contribution in [3.8, 4) is 0 Å². The number of allylic oxidation sites excluding steroid dienone is 9. The number of aliphatic hydroxyl groups is 1. The highest BCUT2D eigenvalue weighted by Gasteiger charge is 2.63. The molecule has 0 bridgehead atoms. The van der Waals surface area contributed by atoms with Crippen LogP contribution in [0.3, 0.4) is 0 Å². The number of benzene rings is 1. The Morgan fingerprint density at radius 3 is 1.24 bits per heavy atom. The van der Waals surface area contributed by atoms with Gasteiger partial charge in [-0.15, -0.1) is 0 Å². The fraction of sp³-hybridized carbons (Fsp3) is 0.424. The highest BCUT2D eigenvalue weighted by Crippen LogP contribution is 2.51. The Kier molecular flexibility index (Phi) is 9.97. The van der Waals surface area contributed by atoms with Crippen LogP contribution in [0.15, 0.2) is 82.5 Å². The average molecular weight is 503 g/mol. The van der Waals surface area contributed by atoms with Crippen molar-refractivity contribution in [1.29, 1.82) is 0 Å². The van der Waals surface area contributed by atoms with Gasteiger partial charge in [-0.2, -0.15) is 0 Å². The van der Waals surface area contributed by atoms with E-state index in [9.17, 15) is 19.5 Å². The van der Waals surface area contributed by atoms with Gasteiger partial charge in [0.15, 0.2) is 17.3 Å². The van der Waals surface area contributed by atoms with Crippen molar-refractivity contribution < 1.29 is 19.5 Å². The van der Waals surface area contributed by atoms with E-state index in [2.05, 4.69) is 0 Å². The Bertz CT molecular complexity index is 1080. The molecule has 1 aliphatic carbocycles. The fourth-order valence-corrected chi connectivity index (χ4v) is 4.62. The lowest BCUT2D eigenvalue weighted by Crippen LogP contribution is -2.58. The summed E-state index contributed by atoms with van der Waals surface area (Å²) in [6.45, 7) is 15.4. The maximum Gasteiger partial charge on any atom is 0.184 e. The van der Waals surface area contributed by atoms with E-state index in [1.54, 1.807) is 30.3 Å². The molecule has 37 heavy (non-hydrogen) atoms. The summed E-state index contributed by atoms with van der Waals surface area (Å²) in [5.74, 6) is -1.90. The molecule has 1 aromatic carbocycles. The Hall–Kier alpha value is -3.27. The number of ketones is 3. The fourth-order valence-electron chi connectivity index (χ4n) is 4.62. The van der Waals surface area contributed by atoms with Gasteiger partial charge in [-0.25, -0.2) is 0 Å². The minimum absolute atomic E-state index is 0.168. The van der Waals surface area contributed by atoms with Gasteiger partial charge in [0.2, 0.25) is 0 Å². The predicted molar refractivity (Wildman–Crippen MR) is 152 cm³/mol. The second kappa shape index (κ2) is 12.3. The standard InChI is InChI=1S/C33H42O4/c1-22(2)14-18-32(19-15-23(3)4)29(35)27(28(34)26-12-10-9-11-13-26)30(36)33(31(32)37,20-16-24(5)6)21-17-25(7)8/h9-17,34H,18-21H2,1-8H3. The van der Waals surface area contributed by atoms with Gasteiger partial charge in [0.1, 0.15) is 22.2 Å². The first-order valence-corrected chi connectivity index (χ1v) is 12.9. The number of hydrogen-bond donors (Lipinski definition) is 1. The van der Waals surface area contributed by atoms with Crippen molar-refractivity contribution in [3.63, 3.8) is 0 Å². The van der Waals surface area contributed by atoms with E-state index < -0.39 is 22.4 Å². The number of hydrogen-bond acceptors (Lipinski definition) is 4. The Morgan fingerprint density at radius 2 is 0.946 bits per heavy atom. The van der Waals surface area contributed by atoms with Crippen LogP contribution in [-0.2, 0) is 14.4 Å². The van der Waals surface area contributed by atoms with Crippen LogP contribution in [0.5, 0.6) is 0 Å². The number of aliphatic hydroxyl groups excluding tert-OH is 1. The zero-order valence-electron chi connectivity index (χ0n) is 23.7. The van der Waals surface area contributed by atoms with Crippen LogP contribution in [0.2, 0.25) is 0 Å². The normalized spacial score (nSPS) is 16.1. The quantitative estimate of drug-likeness (QED) is 0.122. The van der Waals surface area contributed by atoms with E-state index in [-0.39, 0.29) is 42.8 Å². The van der Waals surface area contributed by atoms with Gasteiger partial charge < -0.3 is 5.11 Å². The summed E-state index contributed by atoms with van der Waals surface area (Å²) in [4.78, 5) is 43.3. The van der Waals surface area contributed by atoms with Gasteiger partial charge in [-0.1, -0.05) is 76.9 Å². The van der Waals surface area contributed by atoms with Crippen molar-refractivity contribution in [2.45, 2.75) is 81.1 Å². The molecule has 198 valence electrons. The minimum Gasteiger partial charge on any atom is -0.506 e. The third kappa shape index (κ3) is 6.54. The molecule has 0 spiro atoms. The Labute approximate surface area is 222 Å². The zero-order valence-corrected chi connectivity index (χ0v) is 23.7. The van der Waals surface area contributed by atoms with Crippen LogP contribution in [-0.4, -0.2) is 22.5 Å². The summed E-state index contributed by atoms with van der Waals surface area (Å²) >= 11 is 0. The molecule has 1 aliphatic rings.